The minimum absolute atomic E-state index is 0.0590. The molecule has 2 rings (SSSR count). The SMILES string of the molecule is COc1ccc(C[NH2+][C@H](C)C(=O)N[C@@H]2CCCC[C@H]2C)cc1. The average molecular weight is 305 g/mol. The van der Waals surface area contributed by atoms with E-state index in [0.29, 0.717) is 12.0 Å². The van der Waals surface area contributed by atoms with E-state index in [2.05, 4.69) is 17.6 Å². The van der Waals surface area contributed by atoms with E-state index in [9.17, 15) is 4.79 Å². The van der Waals surface area contributed by atoms with Crippen LogP contribution in [0.25, 0.3) is 0 Å². The summed E-state index contributed by atoms with van der Waals surface area (Å²) in [6, 6.07) is 8.30. The number of benzene rings is 1. The summed E-state index contributed by atoms with van der Waals surface area (Å²) in [7, 11) is 1.67. The van der Waals surface area contributed by atoms with Gasteiger partial charge in [-0.3, -0.25) is 4.79 Å². The van der Waals surface area contributed by atoms with Gasteiger partial charge in [-0.2, -0.15) is 0 Å². The second-order valence-electron chi connectivity index (χ2n) is 6.45. The van der Waals surface area contributed by atoms with Crippen molar-refractivity contribution >= 4 is 5.91 Å². The molecular weight excluding hydrogens is 276 g/mol. The standard InChI is InChI=1S/C18H28N2O2/c1-13-6-4-5-7-17(13)20-18(21)14(2)19-12-15-8-10-16(22-3)11-9-15/h8-11,13-14,17,19H,4-7,12H2,1-3H3,(H,20,21)/p+1/t13-,14-,17-/m1/s1. The molecule has 0 spiro atoms. The summed E-state index contributed by atoms with van der Waals surface area (Å²) >= 11 is 0. The number of carbonyl (C=O) groups is 1. The van der Waals surface area contributed by atoms with Crippen molar-refractivity contribution in [1.29, 1.82) is 0 Å². The van der Waals surface area contributed by atoms with Gasteiger partial charge >= 0.3 is 0 Å². The highest BCUT2D eigenvalue weighted by molar-refractivity contribution is 5.80. The first-order chi connectivity index (χ1) is 10.6. The van der Waals surface area contributed by atoms with Gasteiger partial charge in [0, 0.05) is 11.6 Å². The van der Waals surface area contributed by atoms with Crippen molar-refractivity contribution in [2.75, 3.05) is 7.11 Å². The maximum Gasteiger partial charge on any atom is 0.278 e. The summed E-state index contributed by atoms with van der Waals surface area (Å²) in [6.45, 7) is 5.03. The molecule has 4 nitrogen and oxygen atoms in total. The minimum atomic E-state index is -0.0590. The monoisotopic (exact) mass is 305 g/mol. The highest BCUT2D eigenvalue weighted by atomic mass is 16.5. The van der Waals surface area contributed by atoms with Gasteiger partial charge in [-0.1, -0.05) is 19.8 Å². The van der Waals surface area contributed by atoms with E-state index in [1.807, 2.05) is 31.2 Å². The van der Waals surface area contributed by atoms with Crippen molar-refractivity contribution in [3.05, 3.63) is 29.8 Å². The lowest BCUT2D eigenvalue weighted by molar-refractivity contribution is -0.689. The highest BCUT2D eigenvalue weighted by Crippen LogP contribution is 2.23. The quantitative estimate of drug-likeness (QED) is 0.842. The predicted molar refractivity (Wildman–Crippen MR) is 87.6 cm³/mol. The van der Waals surface area contributed by atoms with Crippen molar-refractivity contribution in [3.63, 3.8) is 0 Å². The molecule has 3 atom stereocenters. The fourth-order valence-electron chi connectivity index (χ4n) is 3.03. The zero-order chi connectivity index (χ0) is 15.9. The summed E-state index contributed by atoms with van der Waals surface area (Å²) in [5, 5.41) is 5.32. The lowest BCUT2D eigenvalue weighted by Gasteiger charge is -2.30. The molecule has 0 saturated heterocycles. The largest absolute Gasteiger partial charge is 0.497 e. The number of nitrogens with one attached hydrogen (secondary N) is 1. The van der Waals surface area contributed by atoms with Crippen LogP contribution < -0.4 is 15.4 Å². The zero-order valence-electron chi connectivity index (χ0n) is 14.0. The molecule has 22 heavy (non-hydrogen) atoms. The Balaban J connectivity index is 1.77. The summed E-state index contributed by atoms with van der Waals surface area (Å²) < 4.78 is 5.15. The van der Waals surface area contributed by atoms with Gasteiger partial charge in [0.2, 0.25) is 0 Å². The second kappa shape index (κ2) is 8.18. The van der Waals surface area contributed by atoms with Crippen LogP contribution in [-0.2, 0) is 11.3 Å². The van der Waals surface area contributed by atoms with E-state index in [1.165, 1.54) is 24.8 Å². The van der Waals surface area contributed by atoms with Crippen LogP contribution >= 0.6 is 0 Å². The first-order valence-electron chi connectivity index (χ1n) is 8.36. The van der Waals surface area contributed by atoms with Gasteiger partial charge in [0.25, 0.3) is 5.91 Å². The Labute approximate surface area is 133 Å². The van der Waals surface area contributed by atoms with Gasteiger partial charge in [-0.15, -0.1) is 0 Å². The third-order valence-corrected chi connectivity index (χ3v) is 4.72. The Morgan fingerprint density at radius 2 is 2.00 bits per heavy atom. The van der Waals surface area contributed by atoms with Gasteiger partial charge in [0.05, 0.1) is 7.11 Å². The Morgan fingerprint density at radius 1 is 1.32 bits per heavy atom. The van der Waals surface area contributed by atoms with Gasteiger partial charge in [0.15, 0.2) is 6.04 Å². The van der Waals surface area contributed by atoms with Crippen molar-refractivity contribution in [2.45, 2.75) is 58.2 Å². The lowest BCUT2D eigenvalue weighted by Crippen LogP contribution is -2.90. The number of quaternary nitrogens is 1. The summed E-state index contributed by atoms with van der Waals surface area (Å²) in [6.07, 6.45) is 4.89. The van der Waals surface area contributed by atoms with Crippen LogP contribution in [0.2, 0.25) is 0 Å². The molecule has 0 bridgehead atoms. The van der Waals surface area contributed by atoms with Crippen molar-refractivity contribution in [2.24, 2.45) is 5.92 Å². The van der Waals surface area contributed by atoms with Gasteiger partial charge in [-0.25, -0.2) is 0 Å². The molecule has 1 saturated carbocycles. The fraction of sp³-hybridized carbons (Fsp3) is 0.611. The van der Waals surface area contributed by atoms with E-state index < -0.39 is 0 Å². The molecule has 1 aliphatic carbocycles. The minimum Gasteiger partial charge on any atom is -0.497 e. The molecule has 3 N–H and O–H groups in total. The Hall–Kier alpha value is -1.55. The maximum absolute atomic E-state index is 12.3. The summed E-state index contributed by atoms with van der Waals surface area (Å²) in [5.74, 6) is 1.62. The first kappa shape index (κ1) is 16.8. The van der Waals surface area contributed by atoms with E-state index in [1.54, 1.807) is 7.11 Å². The molecule has 1 aromatic rings. The summed E-state index contributed by atoms with van der Waals surface area (Å²) in [4.78, 5) is 12.3. The van der Waals surface area contributed by atoms with Crippen molar-refractivity contribution in [3.8, 4) is 5.75 Å². The number of nitrogens with two attached hydrogens (primary N) is 1. The topological polar surface area (TPSA) is 54.9 Å². The normalized spacial score (nSPS) is 22.9. The van der Waals surface area contributed by atoms with Gasteiger partial charge in [0.1, 0.15) is 12.3 Å². The molecule has 122 valence electrons. The van der Waals surface area contributed by atoms with Crippen LogP contribution in [0, 0.1) is 5.92 Å². The molecule has 4 heteroatoms. The van der Waals surface area contributed by atoms with E-state index in [4.69, 9.17) is 4.74 Å². The number of hydrogen-bond donors (Lipinski definition) is 2. The van der Waals surface area contributed by atoms with E-state index in [-0.39, 0.29) is 11.9 Å². The zero-order valence-corrected chi connectivity index (χ0v) is 14.0. The number of amides is 1. The van der Waals surface area contributed by atoms with Crippen LogP contribution in [0.3, 0.4) is 0 Å². The molecular formula is C18H29N2O2+. The molecule has 0 aliphatic heterocycles. The lowest BCUT2D eigenvalue weighted by atomic mass is 9.86. The third-order valence-electron chi connectivity index (χ3n) is 4.72. The molecule has 0 radical (unpaired) electrons. The number of carbonyl (C=O) groups excluding carboxylic acids is 1. The first-order valence-corrected chi connectivity index (χ1v) is 8.36. The number of ether oxygens (including phenoxy) is 1. The molecule has 0 aromatic heterocycles. The average Bonchev–Trinajstić information content (AvgIpc) is 2.55. The third kappa shape index (κ3) is 4.73. The molecule has 1 fully saturated rings. The van der Waals surface area contributed by atoms with Gasteiger partial charge < -0.3 is 15.4 Å². The molecule has 1 aromatic carbocycles. The van der Waals surface area contributed by atoms with Crippen LogP contribution in [0.1, 0.15) is 45.1 Å². The Kier molecular flexibility index (Phi) is 6.25. The Bertz CT molecular complexity index is 472. The second-order valence-corrected chi connectivity index (χ2v) is 6.45. The van der Waals surface area contributed by atoms with Crippen molar-refractivity contribution < 1.29 is 14.8 Å². The number of methoxy groups -OCH3 is 1. The molecule has 0 heterocycles. The van der Waals surface area contributed by atoms with E-state index in [0.717, 1.165) is 18.7 Å². The maximum atomic E-state index is 12.3. The molecule has 1 aliphatic rings. The highest BCUT2D eigenvalue weighted by Gasteiger charge is 2.25. The smallest absolute Gasteiger partial charge is 0.278 e. The predicted octanol–water partition coefficient (Wildman–Crippen LogP) is 1.84. The number of rotatable bonds is 6. The van der Waals surface area contributed by atoms with Crippen molar-refractivity contribution in [1.82, 2.24) is 5.32 Å². The molecule has 0 unspecified atom stereocenters. The van der Waals surface area contributed by atoms with Gasteiger partial charge in [-0.05, 0) is 49.9 Å². The van der Waals surface area contributed by atoms with Crippen LogP contribution in [0.5, 0.6) is 5.75 Å². The van der Waals surface area contributed by atoms with Crippen LogP contribution in [0.4, 0.5) is 0 Å². The fourth-order valence-corrected chi connectivity index (χ4v) is 3.03. The Morgan fingerprint density at radius 3 is 2.64 bits per heavy atom. The van der Waals surface area contributed by atoms with Crippen LogP contribution in [0.15, 0.2) is 24.3 Å². The van der Waals surface area contributed by atoms with E-state index >= 15 is 0 Å². The van der Waals surface area contributed by atoms with Crippen LogP contribution in [-0.4, -0.2) is 25.1 Å². The summed E-state index contributed by atoms with van der Waals surface area (Å²) in [5.41, 5.74) is 1.20. The molecule has 1 amide bonds. The number of hydrogen-bond acceptors (Lipinski definition) is 2.